The zero-order chi connectivity index (χ0) is 20.1. The quantitative estimate of drug-likeness (QED) is 0.801. The molecule has 1 aromatic heterocycles. The lowest BCUT2D eigenvalue weighted by atomic mass is 10.1. The van der Waals surface area contributed by atoms with Crippen molar-refractivity contribution in [3.05, 3.63) is 64.7 Å². The fourth-order valence-corrected chi connectivity index (χ4v) is 3.34. The standard InChI is InChI=1S/C20H22ClFN4O2/c1-25(12-15-3-2-6-23-11-15)19(27)10-18-20(28)24-7-8-26(18)13-14-4-5-16(21)17(22)9-14/h2-6,9,11,18H,7-8,10,12-13H2,1H3,(H,24,28). The van der Waals surface area contributed by atoms with Crippen molar-refractivity contribution < 1.29 is 14.0 Å². The van der Waals surface area contributed by atoms with Gasteiger partial charge in [-0.3, -0.25) is 19.5 Å². The Morgan fingerprint density at radius 1 is 1.39 bits per heavy atom. The zero-order valence-corrected chi connectivity index (χ0v) is 16.3. The number of aromatic nitrogens is 1. The van der Waals surface area contributed by atoms with Crippen LogP contribution in [0.15, 0.2) is 42.7 Å². The van der Waals surface area contributed by atoms with Gasteiger partial charge in [-0.15, -0.1) is 0 Å². The minimum absolute atomic E-state index is 0.0542. The van der Waals surface area contributed by atoms with Gasteiger partial charge in [0, 0.05) is 45.6 Å². The molecule has 1 aliphatic rings. The van der Waals surface area contributed by atoms with Crippen LogP contribution in [0.2, 0.25) is 5.02 Å². The van der Waals surface area contributed by atoms with Crippen molar-refractivity contribution >= 4 is 23.4 Å². The molecule has 3 rings (SSSR count). The van der Waals surface area contributed by atoms with Crippen molar-refractivity contribution in [2.75, 3.05) is 20.1 Å². The van der Waals surface area contributed by atoms with Gasteiger partial charge in [0.2, 0.25) is 11.8 Å². The van der Waals surface area contributed by atoms with E-state index in [4.69, 9.17) is 11.6 Å². The molecule has 1 unspecified atom stereocenters. The molecule has 0 radical (unpaired) electrons. The lowest BCUT2D eigenvalue weighted by Gasteiger charge is -2.35. The lowest BCUT2D eigenvalue weighted by Crippen LogP contribution is -2.56. The first-order chi connectivity index (χ1) is 13.4. The SMILES string of the molecule is CN(Cc1cccnc1)C(=O)CC1C(=O)NCCN1Cc1ccc(Cl)c(F)c1. The predicted octanol–water partition coefficient (Wildman–Crippen LogP) is 2.22. The maximum atomic E-state index is 13.7. The molecule has 1 saturated heterocycles. The summed E-state index contributed by atoms with van der Waals surface area (Å²) in [6, 6.07) is 7.70. The summed E-state index contributed by atoms with van der Waals surface area (Å²) >= 11 is 5.74. The van der Waals surface area contributed by atoms with Gasteiger partial charge >= 0.3 is 0 Å². The Morgan fingerprint density at radius 3 is 2.93 bits per heavy atom. The zero-order valence-electron chi connectivity index (χ0n) is 15.6. The molecule has 0 spiro atoms. The van der Waals surface area contributed by atoms with E-state index in [0.717, 1.165) is 5.56 Å². The minimum Gasteiger partial charge on any atom is -0.353 e. The molecule has 1 atom stereocenters. The highest BCUT2D eigenvalue weighted by atomic mass is 35.5. The van der Waals surface area contributed by atoms with Crippen LogP contribution in [0.4, 0.5) is 4.39 Å². The molecule has 148 valence electrons. The molecule has 2 heterocycles. The van der Waals surface area contributed by atoms with Gasteiger partial charge in [-0.2, -0.15) is 0 Å². The van der Waals surface area contributed by atoms with Crippen molar-refractivity contribution in [3.8, 4) is 0 Å². The number of halogens is 2. The Labute approximate surface area is 168 Å². The second kappa shape index (κ2) is 9.12. The summed E-state index contributed by atoms with van der Waals surface area (Å²) in [4.78, 5) is 32.6. The number of carbonyl (C=O) groups is 2. The van der Waals surface area contributed by atoms with E-state index in [-0.39, 0.29) is 23.3 Å². The normalized spacial score (nSPS) is 17.2. The number of benzene rings is 1. The molecule has 2 amide bonds. The Kier molecular flexibility index (Phi) is 6.59. The highest BCUT2D eigenvalue weighted by molar-refractivity contribution is 6.30. The first-order valence-corrected chi connectivity index (χ1v) is 9.40. The van der Waals surface area contributed by atoms with Crippen LogP contribution in [0, 0.1) is 5.82 Å². The van der Waals surface area contributed by atoms with E-state index in [1.807, 2.05) is 17.0 Å². The molecule has 28 heavy (non-hydrogen) atoms. The van der Waals surface area contributed by atoms with Crippen LogP contribution < -0.4 is 5.32 Å². The van der Waals surface area contributed by atoms with Crippen molar-refractivity contribution in [3.63, 3.8) is 0 Å². The van der Waals surface area contributed by atoms with Crippen molar-refractivity contribution in [1.29, 1.82) is 0 Å². The smallest absolute Gasteiger partial charge is 0.237 e. The van der Waals surface area contributed by atoms with Gasteiger partial charge in [-0.25, -0.2) is 4.39 Å². The molecular weight excluding hydrogens is 383 g/mol. The summed E-state index contributed by atoms with van der Waals surface area (Å²) < 4.78 is 13.7. The van der Waals surface area contributed by atoms with Gasteiger partial charge < -0.3 is 10.2 Å². The van der Waals surface area contributed by atoms with E-state index in [1.165, 1.54) is 12.1 Å². The first kappa shape index (κ1) is 20.2. The van der Waals surface area contributed by atoms with Crippen LogP contribution in [-0.4, -0.2) is 52.8 Å². The van der Waals surface area contributed by atoms with Gasteiger partial charge in [0.05, 0.1) is 17.5 Å². The summed E-state index contributed by atoms with van der Waals surface area (Å²) in [6.45, 7) is 1.86. The number of hydrogen-bond acceptors (Lipinski definition) is 4. The molecule has 1 N–H and O–H groups in total. The van der Waals surface area contributed by atoms with Gasteiger partial charge in [0.1, 0.15) is 5.82 Å². The third kappa shape index (κ3) is 5.05. The third-order valence-corrected chi connectivity index (χ3v) is 5.05. The highest BCUT2D eigenvalue weighted by Gasteiger charge is 2.32. The first-order valence-electron chi connectivity index (χ1n) is 9.02. The summed E-state index contributed by atoms with van der Waals surface area (Å²) in [5, 5.41) is 2.86. The van der Waals surface area contributed by atoms with E-state index in [1.54, 1.807) is 30.4 Å². The summed E-state index contributed by atoms with van der Waals surface area (Å²) in [7, 11) is 1.70. The lowest BCUT2D eigenvalue weighted by molar-refractivity contribution is -0.138. The van der Waals surface area contributed by atoms with Crippen molar-refractivity contribution in [2.45, 2.75) is 25.6 Å². The van der Waals surface area contributed by atoms with E-state index in [9.17, 15) is 14.0 Å². The second-order valence-corrected chi connectivity index (χ2v) is 7.25. The van der Waals surface area contributed by atoms with Gasteiger partial charge in [-0.05, 0) is 29.3 Å². The van der Waals surface area contributed by atoms with Crippen LogP contribution in [-0.2, 0) is 22.7 Å². The molecule has 6 nitrogen and oxygen atoms in total. The minimum atomic E-state index is -0.601. The molecule has 0 aliphatic carbocycles. The molecular formula is C20H22ClFN4O2. The Morgan fingerprint density at radius 2 is 2.21 bits per heavy atom. The second-order valence-electron chi connectivity index (χ2n) is 6.84. The largest absolute Gasteiger partial charge is 0.353 e. The molecule has 2 aromatic rings. The molecule has 1 aliphatic heterocycles. The number of nitrogens with zero attached hydrogens (tertiary/aromatic N) is 3. The van der Waals surface area contributed by atoms with E-state index in [2.05, 4.69) is 10.3 Å². The number of rotatable bonds is 6. The maximum absolute atomic E-state index is 13.7. The highest BCUT2D eigenvalue weighted by Crippen LogP contribution is 2.19. The Balaban J connectivity index is 1.67. The summed E-state index contributed by atoms with van der Waals surface area (Å²) in [5.74, 6) is -0.827. The molecule has 0 bridgehead atoms. The van der Waals surface area contributed by atoms with Gasteiger partial charge in [0.25, 0.3) is 0 Å². The maximum Gasteiger partial charge on any atom is 0.237 e. The number of hydrogen-bond donors (Lipinski definition) is 1. The third-order valence-electron chi connectivity index (χ3n) is 4.75. The van der Waals surface area contributed by atoms with Crippen LogP contribution in [0.5, 0.6) is 0 Å². The Bertz CT molecular complexity index is 849. The van der Waals surface area contributed by atoms with E-state index < -0.39 is 11.9 Å². The van der Waals surface area contributed by atoms with Crippen LogP contribution in [0.3, 0.4) is 0 Å². The molecule has 8 heteroatoms. The summed E-state index contributed by atoms with van der Waals surface area (Å²) in [5.41, 5.74) is 1.62. The average molecular weight is 405 g/mol. The van der Waals surface area contributed by atoms with Gasteiger partial charge in [-0.1, -0.05) is 23.7 Å². The van der Waals surface area contributed by atoms with Crippen LogP contribution in [0.1, 0.15) is 17.5 Å². The van der Waals surface area contributed by atoms with E-state index in [0.29, 0.717) is 31.7 Å². The number of carbonyl (C=O) groups excluding carboxylic acids is 2. The monoisotopic (exact) mass is 404 g/mol. The average Bonchev–Trinajstić information content (AvgIpc) is 2.68. The van der Waals surface area contributed by atoms with E-state index >= 15 is 0 Å². The van der Waals surface area contributed by atoms with Crippen LogP contribution >= 0.6 is 11.6 Å². The predicted molar refractivity (Wildman–Crippen MR) is 104 cm³/mol. The number of pyridine rings is 1. The summed E-state index contributed by atoms with van der Waals surface area (Å²) in [6.07, 6.45) is 3.44. The molecule has 1 fully saturated rings. The number of piperazine rings is 1. The fraction of sp³-hybridized carbons (Fsp3) is 0.350. The fourth-order valence-electron chi connectivity index (χ4n) is 3.22. The molecule has 1 aromatic carbocycles. The van der Waals surface area contributed by atoms with Crippen LogP contribution in [0.25, 0.3) is 0 Å². The Hall–Kier alpha value is -2.51. The topological polar surface area (TPSA) is 65.5 Å². The molecule has 0 saturated carbocycles. The number of amides is 2. The number of nitrogens with one attached hydrogen (secondary N) is 1. The van der Waals surface area contributed by atoms with Crippen molar-refractivity contribution in [1.82, 2.24) is 20.1 Å². The van der Waals surface area contributed by atoms with Gasteiger partial charge in [0.15, 0.2) is 0 Å². The van der Waals surface area contributed by atoms with Crippen molar-refractivity contribution in [2.24, 2.45) is 0 Å².